The summed E-state index contributed by atoms with van der Waals surface area (Å²) in [4.78, 5) is 36.3. The normalized spacial score (nSPS) is 9.52. The zero-order chi connectivity index (χ0) is 67.2. The Morgan fingerprint density at radius 2 is 0.926 bits per heavy atom. The van der Waals surface area contributed by atoms with E-state index >= 15 is 0 Å². The fourth-order valence-electron chi connectivity index (χ4n) is 4.41. The largest absolute Gasteiger partial charge is 0.473 e. The van der Waals surface area contributed by atoms with E-state index in [4.69, 9.17) is 0 Å². The van der Waals surface area contributed by atoms with Gasteiger partial charge in [0.2, 0.25) is 12.8 Å². The highest BCUT2D eigenvalue weighted by molar-refractivity contribution is 7.08. The third kappa shape index (κ3) is 75.5. The highest BCUT2D eigenvalue weighted by Gasteiger charge is 1.75. The second-order valence-corrected chi connectivity index (χ2v) is 17.3. The predicted octanol–water partition coefficient (Wildman–Crippen LogP) is 15.3. The second kappa shape index (κ2) is 77.4. The number of benzene rings is 2. The number of allylic oxidation sites excluding steroid dienone is 5. The average Bonchev–Trinajstić information content (AvgIpc) is 4.49. The van der Waals surface area contributed by atoms with Gasteiger partial charge in [0, 0.05) is 73.6 Å². The molecule has 1 aliphatic carbocycles. The molecule has 2 aliphatic heterocycles. The van der Waals surface area contributed by atoms with Gasteiger partial charge in [-0.05, 0) is 77.9 Å². The Kier molecular flexibility index (Phi) is 65.5. The summed E-state index contributed by atoms with van der Waals surface area (Å²) in [6.45, 7) is 1.67. The molecular weight excluding hydrogens is 1260 g/mol. The molecule has 0 saturated carbocycles. The first kappa shape index (κ1) is 80.4. The van der Waals surface area contributed by atoms with E-state index in [0.717, 1.165) is 19.5 Å². The lowest BCUT2D eigenvalue weighted by Crippen LogP contribution is -1.65. The van der Waals surface area contributed by atoms with Crippen molar-refractivity contribution in [1.29, 1.82) is 0 Å². The quantitative estimate of drug-likeness (QED) is 0.142. The van der Waals surface area contributed by atoms with Crippen LogP contribution in [0.3, 0.4) is 0 Å². The molecule has 3 aliphatic rings. The van der Waals surface area contributed by atoms with E-state index in [0.29, 0.717) is 0 Å². The van der Waals surface area contributed by atoms with Crippen molar-refractivity contribution in [3.63, 3.8) is 0 Å². The van der Waals surface area contributed by atoms with Crippen LogP contribution in [0, 0.1) is 0 Å². The molecular formula is C67H72N20O5S3. The van der Waals surface area contributed by atoms with Crippen LogP contribution in [0.15, 0.2) is 408 Å². The molecule has 15 aromatic rings. The summed E-state index contributed by atoms with van der Waals surface area (Å²) in [6.07, 6.45) is 55.4. The van der Waals surface area contributed by atoms with Crippen molar-refractivity contribution < 1.29 is 22.4 Å². The maximum absolute atomic E-state index is 4.58. The molecule has 0 bridgehead atoms. The van der Waals surface area contributed by atoms with Crippen LogP contribution in [0.5, 0.6) is 0 Å². The zero-order valence-electron chi connectivity index (χ0n) is 51.4. The minimum absolute atomic E-state index is 0.778. The summed E-state index contributed by atoms with van der Waals surface area (Å²) in [7, 11) is 0. The van der Waals surface area contributed by atoms with Crippen molar-refractivity contribution in [2.45, 2.75) is 6.42 Å². The average molecular weight is 1330 g/mol. The molecule has 2 aromatic carbocycles. The summed E-state index contributed by atoms with van der Waals surface area (Å²) >= 11 is 4.81. The Morgan fingerprint density at radius 3 is 1.08 bits per heavy atom. The lowest BCUT2D eigenvalue weighted by Gasteiger charge is -1.70. The Labute approximate surface area is 563 Å². The van der Waals surface area contributed by atoms with Crippen molar-refractivity contribution in [3.8, 4) is 0 Å². The number of oxazole rings is 1. The van der Waals surface area contributed by atoms with Gasteiger partial charge in [0.1, 0.15) is 29.9 Å². The van der Waals surface area contributed by atoms with E-state index in [1.165, 1.54) is 55.4 Å². The molecule has 0 atom stereocenters. The molecule has 0 radical (unpaired) electrons. The first-order chi connectivity index (χ1) is 47.5. The van der Waals surface area contributed by atoms with Gasteiger partial charge in [-0.25, -0.2) is 19.6 Å². The summed E-state index contributed by atoms with van der Waals surface area (Å²) in [6, 6.07) is 50.6. The van der Waals surface area contributed by atoms with Gasteiger partial charge in [0.05, 0.1) is 74.6 Å². The third-order valence-electron chi connectivity index (χ3n) is 8.14. The van der Waals surface area contributed by atoms with Crippen LogP contribution in [-0.2, 0) is 0 Å². The van der Waals surface area contributed by atoms with Crippen LogP contribution in [0.25, 0.3) is 0 Å². The van der Waals surface area contributed by atoms with E-state index in [1.54, 1.807) is 163 Å². The monoisotopic (exact) mass is 1330 g/mol. The molecule has 18 rings (SSSR count). The van der Waals surface area contributed by atoms with Gasteiger partial charge in [-0.3, -0.25) is 29.9 Å². The van der Waals surface area contributed by atoms with Crippen molar-refractivity contribution in [2.75, 3.05) is 13.1 Å². The van der Waals surface area contributed by atoms with Gasteiger partial charge in [-0.15, -0.1) is 43.1 Å². The van der Waals surface area contributed by atoms with E-state index in [-0.39, 0.29) is 0 Å². The third-order valence-corrected chi connectivity index (χ3v) is 9.73. The lowest BCUT2D eigenvalue weighted by molar-refractivity contribution is 0.307. The molecule has 25 nitrogen and oxygen atoms in total. The van der Waals surface area contributed by atoms with Crippen molar-refractivity contribution in [2.24, 2.45) is 15.0 Å². The summed E-state index contributed by atoms with van der Waals surface area (Å²) in [5.41, 5.74) is 5.15. The molecule has 15 heterocycles. The predicted molar refractivity (Wildman–Crippen MR) is 374 cm³/mol. The van der Waals surface area contributed by atoms with Gasteiger partial charge < -0.3 is 22.8 Å². The van der Waals surface area contributed by atoms with Gasteiger partial charge >= 0.3 is 0 Å². The molecule has 0 fully saturated rings. The summed E-state index contributed by atoms with van der Waals surface area (Å²) in [5, 5.41) is 38.8. The molecule has 0 saturated heterocycles. The second-order valence-electron chi connectivity index (χ2n) is 15.0. The van der Waals surface area contributed by atoms with Crippen LogP contribution in [0.2, 0.25) is 0 Å². The molecule has 488 valence electrons. The first-order valence-corrected chi connectivity index (χ1v) is 30.6. The molecule has 0 amide bonds. The zero-order valence-corrected chi connectivity index (χ0v) is 53.8. The Bertz CT molecular complexity index is 2560. The van der Waals surface area contributed by atoms with Crippen LogP contribution in [0.4, 0.5) is 0 Å². The van der Waals surface area contributed by atoms with E-state index in [9.17, 15) is 0 Å². The number of nitrogens with zero attached hydrogens (tertiary/aromatic N) is 18. The molecule has 2 N–H and O–H groups in total. The van der Waals surface area contributed by atoms with Crippen molar-refractivity contribution >= 4 is 52.8 Å². The van der Waals surface area contributed by atoms with E-state index in [1.807, 2.05) is 180 Å². The summed E-state index contributed by atoms with van der Waals surface area (Å²) < 4.78 is 21.8. The number of hydrogen-bond acceptors (Lipinski definition) is 26. The Morgan fingerprint density at radius 1 is 0.347 bits per heavy atom. The van der Waals surface area contributed by atoms with Gasteiger partial charge in [-0.1, -0.05) is 149 Å². The number of aromatic amines is 2. The summed E-state index contributed by atoms with van der Waals surface area (Å²) in [5.74, 6) is 0. The number of H-pyrrole nitrogens is 2. The van der Waals surface area contributed by atoms with E-state index in [2.05, 4.69) is 148 Å². The molecule has 0 spiro atoms. The number of hydrogen-bond donors (Lipinski definition) is 2. The topological polar surface area (TPSA) is 328 Å². The first-order valence-electron chi connectivity index (χ1n) is 27.8. The van der Waals surface area contributed by atoms with Crippen LogP contribution in [-0.4, -0.2) is 118 Å². The number of imidazole rings is 1. The Hall–Kier alpha value is -12.7. The minimum Gasteiger partial charge on any atom is -0.473 e. The molecule has 13 aromatic heterocycles. The fourth-order valence-corrected chi connectivity index (χ4v) is 5.49. The minimum atomic E-state index is 0.778. The van der Waals surface area contributed by atoms with Crippen LogP contribution >= 0.6 is 34.0 Å². The lowest BCUT2D eigenvalue weighted by atomic mass is 10.4. The highest BCUT2D eigenvalue weighted by atomic mass is 32.1. The smallest absolute Gasteiger partial charge is 0.203 e. The number of furan rings is 1. The maximum Gasteiger partial charge on any atom is 0.203 e. The number of thiazole rings is 1. The molecule has 0 unspecified atom stereocenters. The van der Waals surface area contributed by atoms with Gasteiger partial charge in [-0.2, -0.15) is 26.7 Å². The number of aromatic nitrogens is 17. The van der Waals surface area contributed by atoms with Crippen LogP contribution in [0.1, 0.15) is 6.42 Å². The number of aliphatic imine (C=N–C) groups is 3. The van der Waals surface area contributed by atoms with Crippen LogP contribution < -0.4 is 0 Å². The number of pyridine rings is 3. The van der Waals surface area contributed by atoms with Crippen molar-refractivity contribution in [3.05, 3.63) is 370 Å². The van der Waals surface area contributed by atoms with Gasteiger partial charge in [0.15, 0.2) is 6.39 Å². The SMILES string of the molecule is C1=CCC=C1.C1=CCN=C1.C1=NC=NC1.c1c[nH]cn1.c1ccccc1.c1ccccc1.c1ccncc1.c1ccncc1.c1ccncc1.c1ccoc1.c1ccsc1.c1cn[nH]n1.c1cnoc1.c1cnon1.c1cocn1.c1cscn1.c1nnco1.c1nncs1. The Balaban J connectivity index is 0.000000503. The fraction of sp³-hybridized carbons (Fsp3) is 0.0448. The highest BCUT2D eigenvalue weighted by Crippen LogP contribution is 1.94. The van der Waals surface area contributed by atoms with Gasteiger partial charge in [0.25, 0.3) is 0 Å². The maximum atomic E-state index is 4.58. The van der Waals surface area contributed by atoms with E-state index < -0.39 is 0 Å². The standard InChI is InChI=1S/2C6H6.3C5H5N.C5H6.C4H5N.C4H4O.C4H4S.2C3H4N2.2C3H3NO.C3H3NS.C2H3N3.2C2H2N2O.C2H2N2S/c5*1-2-4-6-5-3-1;4*1-2-4-5-3-1;3*1-2-5-3-4-1;1-2-4-5-3-1;1-2-5-3-4-1;1-2-4-5-3-1;1-3-4-2-5-1;1-2-4-5-3-1;1-3-4-2-5-1/h2*1-6H;3*1-5H;1-4H,5H2;1-3H,4H2;2*1-4H;1,3H,2H2;1-3H,(H,4,5);3*1-3H;1-2H,(H,3,4,5);3*1-2H. The molecule has 95 heavy (non-hydrogen) atoms. The van der Waals surface area contributed by atoms with Crippen molar-refractivity contribution in [1.82, 2.24) is 86.2 Å². The number of thiophene rings is 1. The molecule has 28 heteroatoms. The number of rotatable bonds is 0. The number of nitrogens with one attached hydrogen (secondary N) is 2.